The lowest BCUT2D eigenvalue weighted by Gasteiger charge is -2.29. The van der Waals surface area contributed by atoms with Gasteiger partial charge < -0.3 is 14.2 Å². The van der Waals surface area contributed by atoms with Crippen LogP contribution in [0.1, 0.15) is 109 Å². The van der Waals surface area contributed by atoms with Gasteiger partial charge in [-0.15, -0.1) is 0 Å². The van der Waals surface area contributed by atoms with Gasteiger partial charge in [0.25, 0.3) is 0 Å². The van der Waals surface area contributed by atoms with Gasteiger partial charge in [0.15, 0.2) is 6.29 Å². The molecule has 0 aromatic heterocycles. The molecule has 0 N–H and O–H groups in total. The van der Waals surface area contributed by atoms with Gasteiger partial charge in [-0.1, -0.05) is 107 Å². The second-order valence-corrected chi connectivity index (χ2v) is 8.84. The van der Waals surface area contributed by atoms with E-state index in [-0.39, 0.29) is 12.4 Å². The monoisotopic (exact) mass is 430 g/mol. The Morgan fingerprint density at radius 2 is 1.29 bits per heavy atom. The molecule has 1 aromatic rings. The third-order valence-electron chi connectivity index (χ3n) is 5.95. The van der Waals surface area contributed by atoms with Crippen molar-refractivity contribution in [2.24, 2.45) is 0 Å². The van der Waals surface area contributed by atoms with Crippen LogP contribution in [0.2, 0.25) is 0 Å². The molecule has 0 spiro atoms. The quantitative estimate of drug-likeness (QED) is 0.174. The van der Waals surface area contributed by atoms with Gasteiger partial charge >= 0.3 is 0 Å². The molecule has 1 saturated heterocycles. The second kappa shape index (κ2) is 18.4. The van der Waals surface area contributed by atoms with E-state index >= 15 is 0 Å². The summed E-state index contributed by atoms with van der Waals surface area (Å²) in [5.74, 6) is 0. The van der Waals surface area contributed by atoms with E-state index in [0.717, 1.165) is 18.6 Å². The largest absolute Gasteiger partial charge is 0.373 e. The van der Waals surface area contributed by atoms with E-state index in [1.807, 2.05) is 30.3 Å². The number of benzene rings is 1. The van der Waals surface area contributed by atoms with E-state index in [2.05, 4.69) is 19.1 Å². The van der Waals surface area contributed by atoms with Crippen LogP contribution >= 0.6 is 0 Å². The molecule has 176 valence electrons. The summed E-state index contributed by atoms with van der Waals surface area (Å²) >= 11 is 0. The van der Waals surface area contributed by atoms with Gasteiger partial charge in [-0.3, -0.25) is 0 Å². The Morgan fingerprint density at radius 1 is 0.742 bits per heavy atom. The fraction of sp³-hybridized carbons (Fsp3) is 0.714. The molecule has 0 amide bonds. The van der Waals surface area contributed by atoms with Crippen molar-refractivity contribution in [2.75, 3.05) is 19.8 Å². The van der Waals surface area contributed by atoms with Crippen molar-refractivity contribution in [3.63, 3.8) is 0 Å². The Labute approximate surface area is 191 Å². The van der Waals surface area contributed by atoms with Crippen molar-refractivity contribution >= 4 is 0 Å². The molecule has 3 nitrogen and oxygen atoms in total. The lowest BCUT2D eigenvalue weighted by atomic mass is 10.1. The first kappa shape index (κ1) is 26.1. The fourth-order valence-electron chi connectivity index (χ4n) is 3.98. The van der Waals surface area contributed by atoms with Crippen LogP contribution in [0.4, 0.5) is 0 Å². The number of unbranched alkanes of at least 4 members (excludes halogenated alkanes) is 12. The van der Waals surface area contributed by atoms with E-state index in [0.29, 0.717) is 13.2 Å². The Morgan fingerprint density at radius 3 is 1.90 bits per heavy atom. The smallest absolute Gasteiger partial charge is 0.184 e. The van der Waals surface area contributed by atoms with Crippen LogP contribution in [0, 0.1) is 0 Å². The van der Waals surface area contributed by atoms with Crippen LogP contribution in [0.15, 0.2) is 42.5 Å². The maximum absolute atomic E-state index is 5.93. The maximum Gasteiger partial charge on any atom is 0.184 e. The molecule has 1 aliphatic heterocycles. The number of ether oxygens (including phenoxy) is 3. The lowest BCUT2D eigenvalue weighted by molar-refractivity contribution is -0.230. The predicted molar refractivity (Wildman–Crippen MR) is 130 cm³/mol. The molecule has 0 radical (unpaired) electrons. The molecular formula is C28H46O3. The highest BCUT2D eigenvalue weighted by atomic mass is 16.7. The van der Waals surface area contributed by atoms with Gasteiger partial charge in [-0.25, -0.2) is 0 Å². The Hall–Kier alpha value is -1.16. The van der Waals surface area contributed by atoms with Gasteiger partial charge in [-0.2, -0.15) is 0 Å². The Kier molecular flexibility index (Phi) is 15.5. The third-order valence-corrected chi connectivity index (χ3v) is 5.95. The lowest BCUT2D eigenvalue weighted by Crippen LogP contribution is -2.33. The minimum absolute atomic E-state index is 0.0723. The van der Waals surface area contributed by atoms with Crippen LogP contribution in [-0.4, -0.2) is 25.9 Å². The summed E-state index contributed by atoms with van der Waals surface area (Å²) in [6.45, 7) is 4.33. The van der Waals surface area contributed by atoms with Gasteiger partial charge in [-0.05, 0) is 32.1 Å². The van der Waals surface area contributed by atoms with Crippen molar-refractivity contribution in [1.82, 2.24) is 0 Å². The minimum atomic E-state index is -0.244. The molecule has 0 atom stereocenters. The Balaban J connectivity index is 1.31. The molecule has 1 aromatic carbocycles. The predicted octanol–water partition coefficient (Wildman–Crippen LogP) is 8.15. The molecule has 1 aliphatic rings. The molecule has 3 heteroatoms. The van der Waals surface area contributed by atoms with Crippen LogP contribution in [0.25, 0.3) is 0 Å². The normalized spacial score (nSPS) is 19.3. The van der Waals surface area contributed by atoms with Gasteiger partial charge in [0.05, 0.1) is 13.2 Å². The second-order valence-electron chi connectivity index (χ2n) is 8.84. The van der Waals surface area contributed by atoms with Gasteiger partial charge in [0.1, 0.15) is 6.10 Å². The number of allylic oxidation sites excluding steroid dienone is 2. The van der Waals surface area contributed by atoms with E-state index < -0.39 is 0 Å². The van der Waals surface area contributed by atoms with Gasteiger partial charge in [0.2, 0.25) is 0 Å². The number of hydrogen-bond acceptors (Lipinski definition) is 3. The highest BCUT2D eigenvalue weighted by Gasteiger charge is 2.23. The highest BCUT2D eigenvalue weighted by Crippen LogP contribution is 2.23. The molecule has 2 rings (SSSR count). The summed E-state index contributed by atoms with van der Waals surface area (Å²) < 4.78 is 17.5. The highest BCUT2D eigenvalue weighted by molar-refractivity contribution is 5.16. The average Bonchev–Trinajstić information content (AvgIpc) is 2.82. The topological polar surface area (TPSA) is 27.7 Å². The molecule has 1 fully saturated rings. The van der Waals surface area contributed by atoms with Crippen molar-refractivity contribution in [3.05, 3.63) is 48.0 Å². The van der Waals surface area contributed by atoms with Crippen LogP contribution < -0.4 is 0 Å². The summed E-state index contributed by atoms with van der Waals surface area (Å²) in [4.78, 5) is 0. The molecule has 0 unspecified atom stereocenters. The zero-order chi connectivity index (χ0) is 21.8. The molecule has 0 bridgehead atoms. The first-order valence-corrected chi connectivity index (χ1v) is 12.9. The van der Waals surface area contributed by atoms with Crippen molar-refractivity contribution in [2.45, 2.75) is 109 Å². The van der Waals surface area contributed by atoms with E-state index in [1.54, 1.807) is 0 Å². The summed E-state index contributed by atoms with van der Waals surface area (Å²) in [6.07, 6.45) is 23.3. The van der Waals surface area contributed by atoms with E-state index in [9.17, 15) is 0 Å². The first-order valence-electron chi connectivity index (χ1n) is 12.9. The van der Waals surface area contributed by atoms with E-state index in [4.69, 9.17) is 14.2 Å². The number of hydrogen-bond donors (Lipinski definition) is 0. The molecular weight excluding hydrogens is 384 g/mol. The van der Waals surface area contributed by atoms with Crippen LogP contribution in [0.5, 0.6) is 0 Å². The summed E-state index contributed by atoms with van der Waals surface area (Å²) in [5.41, 5.74) is 1.08. The molecule has 0 saturated carbocycles. The molecule has 1 heterocycles. The Bertz CT molecular complexity index is 534. The standard InChI is InChI=1S/C28H46O3/c1-2-3-4-5-6-7-8-9-10-11-12-13-14-15-16-20-23-29-27-24-30-28(31-25-27)26-21-18-17-19-22-26/h9-10,17-19,21-22,27-28H,2-8,11-16,20,23-25H2,1H3. The average molecular weight is 431 g/mol. The zero-order valence-electron chi connectivity index (χ0n) is 19.9. The fourth-order valence-corrected chi connectivity index (χ4v) is 3.98. The van der Waals surface area contributed by atoms with Crippen molar-refractivity contribution in [3.8, 4) is 0 Å². The summed E-state index contributed by atoms with van der Waals surface area (Å²) in [5, 5.41) is 0. The van der Waals surface area contributed by atoms with Crippen LogP contribution in [0.3, 0.4) is 0 Å². The molecule has 31 heavy (non-hydrogen) atoms. The summed E-state index contributed by atoms with van der Waals surface area (Å²) in [6, 6.07) is 10.1. The first-order chi connectivity index (χ1) is 15.4. The third kappa shape index (κ3) is 13.1. The zero-order valence-corrected chi connectivity index (χ0v) is 19.9. The maximum atomic E-state index is 5.93. The SMILES string of the molecule is CCCCCCCCC=CCCCCCCCCOC1COC(c2ccccc2)OC1. The minimum Gasteiger partial charge on any atom is -0.373 e. The van der Waals surface area contributed by atoms with Crippen molar-refractivity contribution < 1.29 is 14.2 Å². The molecule has 0 aliphatic carbocycles. The van der Waals surface area contributed by atoms with E-state index in [1.165, 1.54) is 83.5 Å². The van der Waals surface area contributed by atoms with Crippen molar-refractivity contribution in [1.29, 1.82) is 0 Å². The van der Waals surface area contributed by atoms with Gasteiger partial charge in [0, 0.05) is 12.2 Å². The van der Waals surface area contributed by atoms with Crippen LogP contribution in [-0.2, 0) is 14.2 Å². The number of rotatable bonds is 18. The summed E-state index contributed by atoms with van der Waals surface area (Å²) in [7, 11) is 0.